The summed E-state index contributed by atoms with van der Waals surface area (Å²) in [7, 11) is 0. The molecule has 1 aliphatic carbocycles. The molecule has 0 bridgehead atoms. The second-order valence-corrected chi connectivity index (χ2v) is 9.74. The van der Waals surface area contributed by atoms with Crippen LogP contribution in [0.1, 0.15) is 55.3 Å². The van der Waals surface area contributed by atoms with E-state index in [0.29, 0.717) is 34.9 Å². The first-order valence-corrected chi connectivity index (χ1v) is 12.3. The molecule has 2 N–H and O–H groups in total. The maximum absolute atomic E-state index is 13.5. The van der Waals surface area contributed by atoms with Gasteiger partial charge >= 0.3 is 0 Å². The van der Waals surface area contributed by atoms with Crippen LogP contribution in [-0.2, 0) is 19.4 Å². The van der Waals surface area contributed by atoms with Gasteiger partial charge in [-0.1, -0.05) is 35.9 Å². The number of nitrogens with one attached hydrogen (secondary N) is 2. The zero-order valence-corrected chi connectivity index (χ0v) is 20.0. The van der Waals surface area contributed by atoms with Crippen molar-refractivity contribution in [3.63, 3.8) is 0 Å². The molecule has 1 aromatic carbocycles. The van der Waals surface area contributed by atoms with Crippen LogP contribution in [0.3, 0.4) is 0 Å². The van der Waals surface area contributed by atoms with Crippen molar-refractivity contribution < 1.29 is 14.0 Å². The fraction of sp³-hybridized carbons (Fsp3) is 0.259. The molecule has 0 spiro atoms. The molecule has 0 aliphatic heterocycles. The van der Waals surface area contributed by atoms with Crippen LogP contribution in [0.15, 0.2) is 59.7 Å². The highest BCUT2D eigenvalue weighted by atomic mass is 32.1. The number of aryl methyl sites for hydroxylation is 2. The van der Waals surface area contributed by atoms with Crippen molar-refractivity contribution >= 4 is 39.3 Å². The third kappa shape index (κ3) is 4.19. The summed E-state index contributed by atoms with van der Waals surface area (Å²) in [6, 6.07) is 11.9. The van der Waals surface area contributed by atoms with Crippen molar-refractivity contribution in [1.82, 2.24) is 9.88 Å². The molecular formula is C27H27N3O3S. The maximum atomic E-state index is 13.5. The highest BCUT2D eigenvalue weighted by Crippen LogP contribution is 2.38. The zero-order valence-electron chi connectivity index (χ0n) is 19.1. The van der Waals surface area contributed by atoms with Crippen LogP contribution in [0, 0.1) is 6.92 Å². The molecule has 0 saturated heterocycles. The van der Waals surface area contributed by atoms with Crippen molar-refractivity contribution in [3.8, 4) is 0 Å². The lowest BCUT2D eigenvalue weighted by Gasteiger charge is -2.13. The summed E-state index contributed by atoms with van der Waals surface area (Å²) >= 11 is 1.52. The van der Waals surface area contributed by atoms with E-state index in [1.165, 1.54) is 21.8 Å². The van der Waals surface area contributed by atoms with E-state index in [1.54, 1.807) is 18.4 Å². The first-order valence-electron chi connectivity index (χ1n) is 11.5. The molecule has 0 unspecified atom stereocenters. The van der Waals surface area contributed by atoms with E-state index < -0.39 is 0 Å². The number of hydrogen-bond donors (Lipinski definition) is 2. The van der Waals surface area contributed by atoms with Gasteiger partial charge in [0.25, 0.3) is 11.8 Å². The van der Waals surface area contributed by atoms with E-state index in [0.717, 1.165) is 42.3 Å². The molecule has 2 amide bonds. The lowest BCUT2D eigenvalue weighted by Crippen LogP contribution is -2.26. The average Bonchev–Trinajstić information content (AvgIpc) is 3.52. The molecule has 0 atom stereocenters. The molecule has 3 heterocycles. The number of nitrogens with zero attached hydrogens (tertiary/aromatic N) is 1. The van der Waals surface area contributed by atoms with Crippen LogP contribution < -0.4 is 10.6 Å². The number of furan rings is 1. The molecule has 1 aliphatic rings. The predicted octanol–water partition coefficient (Wildman–Crippen LogP) is 5.70. The number of fused-ring (bicyclic) bond motifs is 2. The fourth-order valence-electron chi connectivity index (χ4n) is 4.53. The third-order valence-corrected chi connectivity index (χ3v) is 7.46. The van der Waals surface area contributed by atoms with Crippen LogP contribution in [-0.4, -0.2) is 22.9 Å². The number of thiophene rings is 1. The molecule has 0 saturated carbocycles. The second-order valence-electron chi connectivity index (χ2n) is 8.64. The highest BCUT2D eigenvalue weighted by molar-refractivity contribution is 7.17. The summed E-state index contributed by atoms with van der Waals surface area (Å²) in [5.41, 5.74) is 5.96. The van der Waals surface area contributed by atoms with Gasteiger partial charge in [-0.2, -0.15) is 0 Å². The Morgan fingerprint density at radius 1 is 1.15 bits per heavy atom. The number of benzene rings is 1. The van der Waals surface area contributed by atoms with Gasteiger partial charge in [0.15, 0.2) is 5.58 Å². The Hall–Kier alpha value is -3.58. The third-order valence-electron chi connectivity index (χ3n) is 6.25. The molecular weight excluding hydrogens is 446 g/mol. The van der Waals surface area contributed by atoms with Gasteiger partial charge in [-0.25, -0.2) is 0 Å². The maximum Gasteiger partial charge on any atom is 0.273 e. The number of carbonyl (C=O) groups is 2. The molecule has 0 radical (unpaired) electrons. The van der Waals surface area contributed by atoms with Crippen LogP contribution >= 0.6 is 11.3 Å². The Bertz CT molecular complexity index is 1370. The van der Waals surface area contributed by atoms with E-state index in [2.05, 4.69) is 48.4 Å². The van der Waals surface area contributed by atoms with Crippen LogP contribution in [0.25, 0.3) is 11.1 Å². The topological polar surface area (TPSA) is 76.3 Å². The van der Waals surface area contributed by atoms with Crippen molar-refractivity contribution in [2.45, 2.75) is 39.2 Å². The highest BCUT2D eigenvalue weighted by Gasteiger charge is 2.27. The number of amides is 2. The molecule has 174 valence electrons. The number of aromatic nitrogens is 1. The zero-order chi connectivity index (χ0) is 23.7. The van der Waals surface area contributed by atoms with E-state index in [1.807, 2.05) is 10.6 Å². The van der Waals surface area contributed by atoms with Gasteiger partial charge < -0.3 is 19.6 Å². The van der Waals surface area contributed by atoms with E-state index in [9.17, 15) is 9.59 Å². The van der Waals surface area contributed by atoms with E-state index in [4.69, 9.17) is 4.42 Å². The quantitative estimate of drug-likeness (QED) is 0.338. The van der Waals surface area contributed by atoms with Gasteiger partial charge in [0.2, 0.25) is 0 Å². The summed E-state index contributed by atoms with van der Waals surface area (Å²) in [6.07, 6.45) is 7.23. The lowest BCUT2D eigenvalue weighted by molar-refractivity contribution is 0.0958. The molecule has 34 heavy (non-hydrogen) atoms. The van der Waals surface area contributed by atoms with Crippen molar-refractivity contribution in [3.05, 3.63) is 88.1 Å². The SMILES string of the molecule is C=CCNC(=O)c1c(NC(=O)c2cc3occc3n2Cc2ccc(C)cc2)sc2c1CCCC2. The molecule has 7 heteroatoms. The Morgan fingerprint density at radius 2 is 1.94 bits per heavy atom. The molecule has 0 fully saturated rings. The fourth-order valence-corrected chi connectivity index (χ4v) is 5.81. The summed E-state index contributed by atoms with van der Waals surface area (Å²) in [5.74, 6) is -0.423. The minimum absolute atomic E-state index is 0.168. The summed E-state index contributed by atoms with van der Waals surface area (Å²) < 4.78 is 7.56. The Morgan fingerprint density at radius 3 is 2.74 bits per heavy atom. The van der Waals surface area contributed by atoms with Crippen molar-refractivity contribution in [2.24, 2.45) is 0 Å². The van der Waals surface area contributed by atoms with Gasteiger partial charge in [-0.3, -0.25) is 9.59 Å². The summed E-state index contributed by atoms with van der Waals surface area (Å²) in [4.78, 5) is 27.7. The first kappa shape index (κ1) is 22.2. The largest absolute Gasteiger partial charge is 0.463 e. The van der Waals surface area contributed by atoms with Crippen molar-refractivity contribution in [2.75, 3.05) is 11.9 Å². The van der Waals surface area contributed by atoms with Gasteiger partial charge in [0, 0.05) is 30.1 Å². The molecule has 4 aromatic rings. The number of hydrogen-bond acceptors (Lipinski definition) is 4. The number of anilines is 1. The Balaban J connectivity index is 1.49. The van der Waals surface area contributed by atoms with Crippen molar-refractivity contribution in [1.29, 1.82) is 0 Å². The Labute approximate surface area is 202 Å². The van der Waals surface area contributed by atoms with E-state index in [-0.39, 0.29) is 11.8 Å². The van der Waals surface area contributed by atoms with Crippen LogP contribution in [0.4, 0.5) is 5.00 Å². The summed E-state index contributed by atoms with van der Waals surface area (Å²) in [5, 5.41) is 6.55. The molecule has 3 aromatic heterocycles. The lowest BCUT2D eigenvalue weighted by atomic mass is 9.95. The smallest absolute Gasteiger partial charge is 0.273 e. The minimum Gasteiger partial charge on any atom is -0.463 e. The van der Waals surface area contributed by atoms with Gasteiger partial charge in [-0.15, -0.1) is 17.9 Å². The van der Waals surface area contributed by atoms with Gasteiger partial charge in [0.05, 0.1) is 17.3 Å². The Kier molecular flexibility index (Phi) is 6.11. The van der Waals surface area contributed by atoms with Gasteiger partial charge in [0.1, 0.15) is 10.7 Å². The normalized spacial score (nSPS) is 13.0. The standard InChI is InChI=1S/C27H27N3O3S/c1-3-13-28-26(32)24-19-6-4-5-7-23(19)34-27(24)29-25(31)21-15-22-20(12-14-33-22)30(21)16-18-10-8-17(2)9-11-18/h3,8-12,14-15H,1,4-7,13,16H2,2H3,(H,28,32)(H,29,31). The molecule has 5 rings (SSSR count). The molecule has 6 nitrogen and oxygen atoms in total. The number of rotatable bonds is 7. The average molecular weight is 474 g/mol. The predicted molar refractivity (Wildman–Crippen MR) is 136 cm³/mol. The second kappa shape index (κ2) is 9.35. The van der Waals surface area contributed by atoms with E-state index >= 15 is 0 Å². The van der Waals surface area contributed by atoms with Gasteiger partial charge in [-0.05, 0) is 43.7 Å². The summed E-state index contributed by atoms with van der Waals surface area (Å²) in [6.45, 7) is 6.66. The monoisotopic (exact) mass is 473 g/mol. The minimum atomic E-state index is -0.255. The number of carbonyl (C=O) groups excluding carboxylic acids is 2. The first-order chi connectivity index (χ1) is 16.5. The van der Waals surface area contributed by atoms with Crippen LogP contribution in [0.5, 0.6) is 0 Å². The van der Waals surface area contributed by atoms with Crippen LogP contribution in [0.2, 0.25) is 0 Å².